The number of benzene rings is 1. The van der Waals surface area contributed by atoms with E-state index in [-0.39, 0.29) is 5.97 Å². The Morgan fingerprint density at radius 1 is 1.19 bits per heavy atom. The normalized spacial score (nSPS) is 13.3. The highest BCUT2D eigenvalue weighted by molar-refractivity contribution is 5.84. The first-order valence-electron chi connectivity index (χ1n) is 7.71. The van der Waals surface area contributed by atoms with E-state index in [9.17, 15) is 4.79 Å². The second kappa shape index (κ2) is 8.55. The molecule has 118 valence electrons. The van der Waals surface area contributed by atoms with Gasteiger partial charge < -0.3 is 14.8 Å². The largest absolute Gasteiger partial charge is 0.497 e. The van der Waals surface area contributed by atoms with E-state index in [4.69, 9.17) is 9.47 Å². The first kappa shape index (κ1) is 17.3. The van der Waals surface area contributed by atoms with Crippen molar-refractivity contribution >= 4 is 11.7 Å². The molecule has 1 N–H and O–H groups in total. The summed E-state index contributed by atoms with van der Waals surface area (Å²) in [6, 6.07) is 7.62. The highest BCUT2D eigenvalue weighted by Crippen LogP contribution is 2.27. The molecule has 0 saturated carbocycles. The van der Waals surface area contributed by atoms with Gasteiger partial charge in [-0.1, -0.05) is 26.7 Å². The highest BCUT2D eigenvalue weighted by Gasteiger charge is 2.37. The van der Waals surface area contributed by atoms with Crippen LogP contribution < -0.4 is 10.1 Å². The van der Waals surface area contributed by atoms with E-state index in [1.54, 1.807) is 7.11 Å². The van der Waals surface area contributed by atoms with E-state index < -0.39 is 5.54 Å². The Morgan fingerprint density at radius 2 is 1.86 bits per heavy atom. The molecule has 0 radical (unpaired) electrons. The second-order valence-electron chi connectivity index (χ2n) is 5.11. The molecule has 0 spiro atoms. The molecule has 1 atom stereocenters. The van der Waals surface area contributed by atoms with E-state index in [1.807, 2.05) is 38.1 Å². The van der Waals surface area contributed by atoms with Crippen LogP contribution in [0.25, 0.3) is 0 Å². The van der Waals surface area contributed by atoms with Crippen LogP contribution in [0.4, 0.5) is 5.69 Å². The standard InChI is InChI=1S/C17H27NO3/c1-5-8-13-17(6-2,16(19)21-7-3)18-14-9-11-15(20-4)12-10-14/h9-12,18H,5-8,13H2,1-4H3. The fraction of sp³-hybridized carbons (Fsp3) is 0.588. The second-order valence-corrected chi connectivity index (χ2v) is 5.11. The van der Waals surface area contributed by atoms with Gasteiger partial charge in [-0.15, -0.1) is 0 Å². The van der Waals surface area contributed by atoms with Crippen LogP contribution >= 0.6 is 0 Å². The number of methoxy groups -OCH3 is 1. The lowest BCUT2D eigenvalue weighted by atomic mass is 9.89. The molecule has 1 aromatic carbocycles. The lowest BCUT2D eigenvalue weighted by molar-refractivity contribution is -0.149. The molecule has 1 unspecified atom stereocenters. The lowest BCUT2D eigenvalue weighted by Gasteiger charge is -2.32. The minimum Gasteiger partial charge on any atom is -0.497 e. The van der Waals surface area contributed by atoms with Crippen LogP contribution in [-0.4, -0.2) is 25.2 Å². The van der Waals surface area contributed by atoms with Crippen LogP contribution in [0.5, 0.6) is 5.75 Å². The number of hydrogen-bond donors (Lipinski definition) is 1. The van der Waals surface area contributed by atoms with Crippen molar-refractivity contribution in [3.8, 4) is 5.75 Å². The van der Waals surface area contributed by atoms with Gasteiger partial charge in [0.05, 0.1) is 13.7 Å². The number of anilines is 1. The summed E-state index contributed by atoms with van der Waals surface area (Å²) in [5, 5.41) is 3.38. The number of carbonyl (C=O) groups excluding carboxylic acids is 1. The molecule has 0 aliphatic rings. The summed E-state index contributed by atoms with van der Waals surface area (Å²) in [6.45, 7) is 6.38. The topological polar surface area (TPSA) is 47.6 Å². The van der Waals surface area contributed by atoms with Crippen molar-refractivity contribution < 1.29 is 14.3 Å². The van der Waals surface area contributed by atoms with E-state index in [0.29, 0.717) is 13.0 Å². The SMILES string of the molecule is CCCCC(CC)(Nc1ccc(OC)cc1)C(=O)OCC. The van der Waals surface area contributed by atoms with Gasteiger partial charge in [-0.05, 0) is 44.0 Å². The number of nitrogens with one attached hydrogen (secondary N) is 1. The minimum atomic E-state index is -0.652. The zero-order valence-corrected chi connectivity index (χ0v) is 13.6. The molecule has 1 aromatic rings. The summed E-state index contributed by atoms with van der Waals surface area (Å²) in [5.74, 6) is 0.629. The summed E-state index contributed by atoms with van der Waals surface area (Å²) < 4.78 is 10.4. The Morgan fingerprint density at radius 3 is 2.33 bits per heavy atom. The lowest BCUT2D eigenvalue weighted by Crippen LogP contribution is -2.47. The van der Waals surface area contributed by atoms with Crippen molar-refractivity contribution in [1.29, 1.82) is 0 Å². The Balaban J connectivity index is 2.95. The molecule has 1 rings (SSSR count). The summed E-state index contributed by atoms with van der Waals surface area (Å²) in [7, 11) is 1.64. The van der Waals surface area contributed by atoms with Gasteiger partial charge in [0.15, 0.2) is 0 Å². The number of ether oxygens (including phenoxy) is 2. The molecule has 0 fully saturated rings. The van der Waals surface area contributed by atoms with Crippen molar-refractivity contribution in [3.05, 3.63) is 24.3 Å². The third kappa shape index (κ3) is 4.66. The average molecular weight is 293 g/mol. The molecule has 21 heavy (non-hydrogen) atoms. The maximum absolute atomic E-state index is 12.4. The van der Waals surface area contributed by atoms with Crippen LogP contribution in [0.2, 0.25) is 0 Å². The molecular weight excluding hydrogens is 266 g/mol. The summed E-state index contributed by atoms with van der Waals surface area (Å²) in [5.41, 5.74) is 0.252. The van der Waals surface area contributed by atoms with Gasteiger partial charge in [0.1, 0.15) is 11.3 Å². The predicted octanol–water partition coefficient (Wildman–Crippen LogP) is 4.01. The first-order chi connectivity index (χ1) is 10.1. The fourth-order valence-electron chi connectivity index (χ4n) is 2.32. The number of esters is 1. The monoisotopic (exact) mass is 293 g/mol. The van der Waals surface area contributed by atoms with E-state index in [1.165, 1.54) is 0 Å². The first-order valence-corrected chi connectivity index (χ1v) is 7.71. The average Bonchev–Trinajstić information content (AvgIpc) is 2.52. The van der Waals surface area contributed by atoms with Crippen LogP contribution in [0.15, 0.2) is 24.3 Å². The maximum Gasteiger partial charge on any atom is 0.331 e. The molecule has 0 heterocycles. The van der Waals surface area contributed by atoms with E-state index >= 15 is 0 Å². The van der Waals surface area contributed by atoms with Crippen LogP contribution in [0.3, 0.4) is 0 Å². The number of carbonyl (C=O) groups is 1. The van der Waals surface area contributed by atoms with Crippen molar-refractivity contribution in [2.24, 2.45) is 0 Å². The van der Waals surface area contributed by atoms with E-state index in [0.717, 1.165) is 30.7 Å². The Bertz CT molecular complexity index is 430. The molecule has 0 aromatic heterocycles. The summed E-state index contributed by atoms with van der Waals surface area (Å²) in [4.78, 5) is 12.4. The third-order valence-corrected chi connectivity index (χ3v) is 3.70. The molecule has 4 heteroatoms. The van der Waals surface area contributed by atoms with E-state index in [2.05, 4.69) is 12.2 Å². The fourth-order valence-corrected chi connectivity index (χ4v) is 2.32. The molecule has 0 aliphatic heterocycles. The molecule has 0 saturated heterocycles. The van der Waals surface area contributed by atoms with Crippen molar-refractivity contribution in [3.63, 3.8) is 0 Å². The maximum atomic E-state index is 12.4. The quantitative estimate of drug-likeness (QED) is 0.699. The summed E-state index contributed by atoms with van der Waals surface area (Å²) >= 11 is 0. The third-order valence-electron chi connectivity index (χ3n) is 3.70. The van der Waals surface area contributed by atoms with Gasteiger partial charge in [-0.3, -0.25) is 0 Å². The molecule has 0 bridgehead atoms. The number of rotatable bonds is 9. The smallest absolute Gasteiger partial charge is 0.331 e. The van der Waals surface area contributed by atoms with Crippen LogP contribution in [0.1, 0.15) is 46.5 Å². The van der Waals surface area contributed by atoms with Gasteiger partial charge in [0, 0.05) is 5.69 Å². The molecule has 0 amide bonds. The van der Waals surface area contributed by atoms with Gasteiger partial charge in [-0.2, -0.15) is 0 Å². The van der Waals surface area contributed by atoms with Gasteiger partial charge in [0.25, 0.3) is 0 Å². The summed E-state index contributed by atoms with van der Waals surface area (Å²) in [6.07, 6.45) is 3.49. The van der Waals surface area contributed by atoms with Crippen molar-refractivity contribution in [2.45, 2.75) is 52.0 Å². The zero-order valence-electron chi connectivity index (χ0n) is 13.6. The minimum absolute atomic E-state index is 0.170. The molecule has 0 aliphatic carbocycles. The van der Waals surface area contributed by atoms with Crippen LogP contribution in [-0.2, 0) is 9.53 Å². The van der Waals surface area contributed by atoms with Gasteiger partial charge in [0.2, 0.25) is 0 Å². The van der Waals surface area contributed by atoms with Crippen LogP contribution in [0, 0.1) is 0 Å². The highest BCUT2D eigenvalue weighted by atomic mass is 16.5. The number of hydrogen-bond acceptors (Lipinski definition) is 4. The molecule has 4 nitrogen and oxygen atoms in total. The van der Waals surface area contributed by atoms with Gasteiger partial charge >= 0.3 is 5.97 Å². The van der Waals surface area contributed by atoms with Gasteiger partial charge in [-0.25, -0.2) is 4.79 Å². The zero-order chi connectivity index (χ0) is 15.7. The Hall–Kier alpha value is -1.71. The Labute approximate surface area is 127 Å². The molecular formula is C17H27NO3. The Kier molecular flexibility index (Phi) is 7.06. The van der Waals surface area contributed by atoms with Crippen molar-refractivity contribution in [2.75, 3.05) is 19.0 Å². The predicted molar refractivity (Wildman–Crippen MR) is 85.8 cm³/mol. The number of unbranched alkanes of at least 4 members (excludes halogenated alkanes) is 1. The van der Waals surface area contributed by atoms with Crippen molar-refractivity contribution in [1.82, 2.24) is 0 Å².